The molecule has 0 aliphatic rings. The maximum atomic E-state index is 12.5. The number of tetrazole rings is 1. The number of aryl methyl sites for hydroxylation is 1. The van der Waals surface area contributed by atoms with Gasteiger partial charge in [-0.05, 0) is 48.5 Å². The monoisotopic (exact) mass is 433 g/mol. The van der Waals surface area contributed by atoms with Gasteiger partial charge in [0.1, 0.15) is 18.1 Å². The van der Waals surface area contributed by atoms with E-state index in [4.69, 9.17) is 9.26 Å². The van der Waals surface area contributed by atoms with Gasteiger partial charge in [-0.3, -0.25) is 9.59 Å². The number of rotatable bonds is 7. The van der Waals surface area contributed by atoms with E-state index in [1.165, 1.54) is 11.9 Å². The minimum atomic E-state index is -0.364. The molecule has 0 fully saturated rings. The predicted molar refractivity (Wildman–Crippen MR) is 114 cm³/mol. The largest absolute Gasteiger partial charge is 0.496 e. The van der Waals surface area contributed by atoms with Crippen molar-refractivity contribution in [3.05, 3.63) is 65.9 Å². The number of aromatic nitrogens is 5. The molecule has 2 amide bonds. The standard InChI is InChI=1S/C21H19N7O4/c1-13-11-18(26-32-13)23-19(29)12-28-25-20(24-27-28)14-7-9-15(10-8-14)22-21(30)16-5-3-4-6-17(16)31-2/h3-11H,12H2,1-2H3,(H,22,30)(H,23,26,29). The number of hydrogen-bond acceptors (Lipinski definition) is 8. The van der Waals surface area contributed by atoms with Gasteiger partial charge in [-0.25, -0.2) is 0 Å². The van der Waals surface area contributed by atoms with E-state index >= 15 is 0 Å². The smallest absolute Gasteiger partial charge is 0.259 e. The lowest BCUT2D eigenvalue weighted by molar-refractivity contribution is -0.117. The molecule has 0 aliphatic carbocycles. The SMILES string of the molecule is COc1ccccc1C(=O)Nc1ccc(-c2nnn(CC(=O)Nc3cc(C)on3)n2)cc1. The minimum Gasteiger partial charge on any atom is -0.496 e. The summed E-state index contributed by atoms with van der Waals surface area (Å²) in [6.45, 7) is 1.59. The van der Waals surface area contributed by atoms with Crippen LogP contribution in [0.4, 0.5) is 11.5 Å². The van der Waals surface area contributed by atoms with Gasteiger partial charge in [0.2, 0.25) is 11.7 Å². The predicted octanol–water partition coefficient (Wildman–Crippen LogP) is 2.54. The van der Waals surface area contributed by atoms with Crippen LogP contribution >= 0.6 is 0 Å². The minimum absolute atomic E-state index is 0.133. The topological polar surface area (TPSA) is 137 Å². The zero-order valence-electron chi connectivity index (χ0n) is 17.3. The van der Waals surface area contributed by atoms with Crippen LogP contribution in [0, 0.1) is 6.92 Å². The third-order valence-electron chi connectivity index (χ3n) is 4.39. The molecule has 2 heterocycles. The van der Waals surface area contributed by atoms with Gasteiger partial charge in [-0.2, -0.15) is 4.80 Å². The summed E-state index contributed by atoms with van der Waals surface area (Å²) in [7, 11) is 1.51. The third kappa shape index (κ3) is 4.78. The summed E-state index contributed by atoms with van der Waals surface area (Å²) in [5.41, 5.74) is 1.71. The molecule has 0 aliphatic heterocycles. The normalized spacial score (nSPS) is 10.6. The summed E-state index contributed by atoms with van der Waals surface area (Å²) in [5, 5.41) is 21.2. The lowest BCUT2D eigenvalue weighted by Crippen LogP contribution is -2.20. The Bertz CT molecular complexity index is 1250. The van der Waals surface area contributed by atoms with Gasteiger partial charge in [0, 0.05) is 17.3 Å². The first-order chi connectivity index (χ1) is 15.5. The van der Waals surface area contributed by atoms with Crippen molar-refractivity contribution >= 4 is 23.3 Å². The number of para-hydroxylation sites is 1. The second-order valence-corrected chi connectivity index (χ2v) is 6.75. The Kier molecular flexibility index (Phi) is 5.88. The molecule has 2 aromatic heterocycles. The summed E-state index contributed by atoms with van der Waals surface area (Å²) < 4.78 is 10.1. The van der Waals surface area contributed by atoms with E-state index in [1.807, 2.05) is 0 Å². The lowest BCUT2D eigenvalue weighted by Gasteiger charge is -2.09. The first kappa shape index (κ1) is 20.7. The highest BCUT2D eigenvalue weighted by molar-refractivity contribution is 6.06. The molecule has 0 saturated carbocycles. The van der Waals surface area contributed by atoms with Crippen LogP contribution < -0.4 is 15.4 Å². The molecule has 11 nitrogen and oxygen atoms in total. The van der Waals surface area contributed by atoms with Crippen LogP contribution in [-0.4, -0.2) is 44.3 Å². The number of carbonyl (C=O) groups excluding carboxylic acids is 2. The summed E-state index contributed by atoms with van der Waals surface area (Å²) in [6.07, 6.45) is 0. The van der Waals surface area contributed by atoms with E-state index in [0.29, 0.717) is 40.0 Å². The molecule has 2 N–H and O–H groups in total. The van der Waals surface area contributed by atoms with E-state index in [9.17, 15) is 9.59 Å². The van der Waals surface area contributed by atoms with Gasteiger partial charge < -0.3 is 19.9 Å². The Hall–Kier alpha value is -4.54. The number of amides is 2. The third-order valence-corrected chi connectivity index (χ3v) is 4.39. The summed E-state index contributed by atoms with van der Waals surface area (Å²) >= 11 is 0. The van der Waals surface area contributed by atoms with Gasteiger partial charge in [-0.1, -0.05) is 17.3 Å². The molecule has 0 bridgehead atoms. The van der Waals surface area contributed by atoms with Crippen molar-refractivity contribution in [1.82, 2.24) is 25.4 Å². The molecule has 162 valence electrons. The van der Waals surface area contributed by atoms with Crippen LogP contribution in [0.15, 0.2) is 59.1 Å². The number of nitrogens with zero attached hydrogens (tertiary/aromatic N) is 5. The Balaban J connectivity index is 1.38. The Labute approximate surface area is 182 Å². The Morgan fingerprint density at radius 2 is 1.88 bits per heavy atom. The fourth-order valence-electron chi connectivity index (χ4n) is 2.90. The van der Waals surface area contributed by atoms with Crippen molar-refractivity contribution in [2.24, 2.45) is 0 Å². The average Bonchev–Trinajstić information content (AvgIpc) is 3.42. The molecule has 4 aromatic rings. The molecule has 0 spiro atoms. The molecular weight excluding hydrogens is 414 g/mol. The number of methoxy groups -OCH3 is 1. The van der Waals surface area contributed by atoms with Crippen molar-refractivity contribution in [2.75, 3.05) is 17.7 Å². The van der Waals surface area contributed by atoms with Gasteiger partial charge >= 0.3 is 0 Å². The maximum Gasteiger partial charge on any atom is 0.259 e. The zero-order chi connectivity index (χ0) is 22.5. The number of benzene rings is 2. The van der Waals surface area contributed by atoms with Crippen molar-refractivity contribution in [3.63, 3.8) is 0 Å². The van der Waals surface area contributed by atoms with Crippen molar-refractivity contribution < 1.29 is 18.8 Å². The molecule has 2 aromatic carbocycles. The molecule has 11 heteroatoms. The highest BCUT2D eigenvalue weighted by atomic mass is 16.5. The van der Waals surface area contributed by atoms with E-state index in [1.54, 1.807) is 61.5 Å². The van der Waals surface area contributed by atoms with Crippen molar-refractivity contribution in [2.45, 2.75) is 13.5 Å². The number of ether oxygens (including phenoxy) is 1. The second kappa shape index (κ2) is 9.08. The van der Waals surface area contributed by atoms with Gasteiger partial charge in [0.25, 0.3) is 5.91 Å². The fourth-order valence-corrected chi connectivity index (χ4v) is 2.90. The second-order valence-electron chi connectivity index (χ2n) is 6.75. The van der Waals surface area contributed by atoms with Crippen molar-refractivity contribution in [1.29, 1.82) is 0 Å². The molecule has 32 heavy (non-hydrogen) atoms. The average molecular weight is 433 g/mol. The molecule has 0 saturated heterocycles. The van der Waals surface area contributed by atoms with E-state index in [0.717, 1.165) is 0 Å². The summed E-state index contributed by atoms with van der Waals surface area (Å²) in [6, 6.07) is 15.5. The fraction of sp³-hybridized carbons (Fsp3) is 0.143. The zero-order valence-corrected chi connectivity index (χ0v) is 17.3. The molecular formula is C21H19N7O4. The van der Waals surface area contributed by atoms with Crippen LogP contribution in [0.3, 0.4) is 0 Å². The van der Waals surface area contributed by atoms with E-state index < -0.39 is 0 Å². The highest BCUT2D eigenvalue weighted by Crippen LogP contribution is 2.21. The molecule has 0 radical (unpaired) electrons. The number of carbonyl (C=O) groups is 2. The van der Waals surface area contributed by atoms with Crippen LogP contribution in [0.1, 0.15) is 16.1 Å². The van der Waals surface area contributed by atoms with Gasteiger partial charge in [0.05, 0.1) is 12.7 Å². The number of anilines is 2. The molecule has 0 atom stereocenters. The number of nitrogens with one attached hydrogen (secondary N) is 2. The Morgan fingerprint density at radius 3 is 2.59 bits per heavy atom. The number of hydrogen-bond donors (Lipinski definition) is 2. The first-order valence-electron chi connectivity index (χ1n) is 9.57. The quantitative estimate of drug-likeness (QED) is 0.454. The van der Waals surface area contributed by atoms with Crippen LogP contribution in [0.25, 0.3) is 11.4 Å². The van der Waals surface area contributed by atoms with E-state index in [-0.39, 0.29) is 18.4 Å². The van der Waals surface area contributed by atoms with Gasteiger partial charge in [0.15, 0.2) is 5.82 Å². The molecule has 0 unspecified atom stereocenters. The van der Waals surface area contributed by atoms with Crippen LogP contribution in [0.5, 0.6) is 5.75 Å². The first-order valence-corrected chi connectivity index (χ1v) is 9.57. The van der Waals surface area contributed by atoms with E-state index in [2.05, 4.69) is 31.2 Å². The Morgan fingerprint density at radius 1 is 1.09 bits per heavy atom. The maximum absolute atomic E-state index is 12.5. The van der Waals surface area contributed by atoms with Crippen molar-refractivity contribution in [3.8, 4) is 17.1 Å². The van der Waals surface area contributed by atoms with Crippen LogP contribution in [-0.2, 0) is 11.3 Å². The highest BCUT2D eigenvalue weighted by Gasteiger charge is 2.13. The summed E-state index contributed by atoms with van der Waals surface area (Å²) in [4.78, 5) is 25.8. The summed E-state index contributed by atoms with van der Waals surface area (Å²) in [5.74, 6) is 1.09. The molecule has 4 rings (SSSR count). The lowest BCUT2D eigenvalue weighted by atomic mass is 10.1. The van der Waals surface area contributed by atoms with Gasteiger partial charge in [-0.15, -0.1) is 10.2 Å². The van der Waals surface area contributed by atoms with Crippen LogP contribution in [0.2, 0.25) is 0 Å².